The number of hydrogen-bond donors (Lipinski definition) is 1. The van der Waals surface area contributed by atoms with Crippen LogP contribution in [-0.4, -0.2) is 42.0 Å². The molecule has 24 heavy (non-hydrogen) atoms. The van der Waals surface area contributed by atoms with Gasteiger partial charge in [-0.25, -0.2) is 4.98 Å². The summed E-state index contributed by atoms with van der Waals surface area (Å²) in [6, 6.07) is 8.21. The van der Waals surface area contributed by atoms with E-state index in [1.165, 1.54) is 5.56 Å². The minimum atomic E-state index is 0.0963. The number of nitrogens with zero attached hydrogens (tertiary/aromatic N) is 2. The summed E-state index contributed by atoms with van der Waals surface area (Å²) in [5, 5.41) is 6.33. The molecule has 2 aliphatic heterocycles. The fourth-order valence-electron chi connectivity index (χ4n) is 3.89. The molecule has 2 aliphatic rings. The van der Waals surface area contributed by atoms with Crippen LogP contribution < -0.4 is 5.32 Å². The van der Waals surface area contributed by atoms with Crippen molar-refractivity contribution in [3.63, 3.8) is 0 Å². The molecule has 1 N–H and O–H groups in total. The summed E-state index contributed by atoms with van der Waals surface area (Å²) in [7, 11) is 0. The largest absolute Gasteiger partial charge is 0.337 e. The van der Waals surface area contributed by atoms with Gasteiger partial charge in [-0.1, -0.05) is 24.3 Å². The number of thiazole rings is 1. The summed E-state index contributed by atoms with van der Waals surface area (Å²) in [5.41, 5.74) is 2.92. The highest BCUT2D eigenvalue weighted by atomic mass is 32.1. The normalized spacial score (nSPS) is 23.8. The lowest BCUT2D eigenvalue weighted by Crippen LogP contribution is -2.33. The first kappa shape index (κ1) is 15.8. The van der Waals surface area contributed by atoms with E-state index < -0.39 is 0 Å². The molecule has 5 heteroatoms. The molecule has 2 aromatic rings. The summed E-state index contributed by atoms with van der Waals surface area (Å²) in [6.45, 7) is 6.03. The van der Waals surface area contributed by atoms with E-state index in [4.69, 9.17) is 0 Å². The van der Waals surface area contributed by atoms with E-state index in [0.717, 1.165) is 61.4 Å². The number of carbonyl (C=O) groups is 1. The van der Waals surface area contributed by atoms with E-state index in [0.29, 0.717) is 5.69 Å². The van der Waals surface area contributed by atoms with Gasteiger partial charge in [0.05, 0.1) is 0 Å². The van der Waals surface area contributed by atoms with Crippen LogP contribution in [0.25, 0.3) is 10.6 Å². The first-order valence-corrected chi connectivity index (χ1v) is 9.62. The Hall–Kier alpha value is -1.72. The number of nitrogens with one attached hydrogen (secondary N) is 1. The molecule has 1 aromatic heterocycles. The lowest BCUT2D eigenvalue weighted by Gasteiger charge is -2.19. The van der Waals surface area contributed by atoms with Gasteiger partial charge in [-0.2, -0.15) is 0 Å². The van der Waals surface area contributed by atoms with Crippen LogP contribution in [0.2, 0.25) is 0 Å². The van der Waals surface area contributed by atoms with Gasteiger partial charge in [0.2, 0.25) is 0 Å². The van der Waals surface area contributed by atoms with Crippen LogP contribution in [0.1, 0.15) is 28.9 Å². The van der Waals surface area contributed by atoms with Gasteiger partial charge in [0.1, 0.15) is 10.7 Å². The topological polar surface area (TPSA) is 45.2 Å². The molecule has 2 atom stereocenters. The number of likely N-dealkylation sites (tertiary alicyclic amines) is 1. The Kier molecular flexibility index (Phi) is 4.37. The predicted octanol–water partition coefficient (Wildman–Crippen LogP) is 3.19. The van der Waals surface area contributed by atoms with Crippen molar-refractivity contribution < 1.29 is 4.79 Å². The zero-order valence-corrected chi connectivity index (χ0v) is 14.8. The molecule has 2 fully saturated rings. The van der Waals surface area contributed by atoms with Crippen molar-refractivity contribution in [1.29, 1.82) is 0 Å². The maximum atomic E-state index is 12.9. The summed E-state index contributed by atoms with van der Waals surface area (Å²) >= 11 is 1.56. The molecule has 0 spiro atoms. The average molecular weight is 341 g/mol. The fraction of sp³-hybridized carbons (Fsp3) is 0.474. The van der Waals surface area contributed by atoms with E-state index in [-0.39, 0.29) is 5.91 Å². The van der Waals surface area contributed by atoms with E-state index in [1.54, 1.807) is 11.3 Å². The van der Waals surface area contributed by atoms with Gasteiger partial charge in [0.25, 0.3) is 5.91 Å². The Morgan fingerprint density at radius 2 is 1.92 bits per heavy atom. The minimum absolute atomic E-state index is 0.0963. The Bertz CT molecular complexity index is 728. The summed E-state index contributed by atoms with van der Waals surface area (Å²) in [5.74, 6) is 1.57. The summed E-state index contributed by atoms with van der Waals surface area (Å²) in [4.78, 5) is 19.5. The van der Waals surface area contributed by atoms with Gasteiger partial charge < -0.3 is 10.2 Å². The Balaban J connectivity index is 1.50. The van der Waals surface area contributed by atoms with Crippen molar-refractivity contribution >= 4 is 17.2 Å². The number of fused-ring (bicyclic) bond motifs is 1. The number of amides is 1. The highest BCUT2D eigenvalue weighted by Crippen LogP contribution is 2.29. The predicted molar refractivity (Wildman–Crippen MR) is 97.3 cm³/mol. The molecule has 0 unspecified atom stereocenters. The molecular weight excluding hydrogens is 318 g/mol. The quantitative estimate of drug-likeness (QED) is 0.912. The number of aromatic nitrogens is 1. The van der Waals surface area contributed by atoms with Crippen molar-refractivity contribution in [3.05, 3.63) is 40.9 Å². The van der Waals surface area contributed by atoms with Crippen LogP contribution in [0.15, 0.2) is 29.6 Å². The maximum absolute atomic E-state index is 12.9. The number of benzene rings is 1. The highest BCUT2D eigenvalue weighted by Gasteiger charge is 2.32. The van der Waals surface area contributed by atoms with E-state index >= 15 is 0 Å². The molecule has 2 saturated heterocycles. The van der Waals surface area contributed by atoms with Gasteiger partial charge in [0, 0.05) is 24.0 Å². The standard InChI is InChI=1S/C19H23N3OS/c1-13-4-2-3-5-16(13)18-21-17(12-24-18)19(23)22-8-6-14-10-20-11-15(14)7-9-22/h2-5,12,14-15,20H,6-11H2,1H3/t14-,15+. The number of aryl methyl sites for hydroxylation is 1. The van der Waals surface area contributed by atoms with Crippen LogP contribution in [0, 0.1) is 18.8 Å². The molecule has 0 bridgehead atoms. The van der Waals surface area contributed by atoms with Gasteiger partial charge in [-0.15, -0.1) is 11.3 Å². The monoisotopic (exact) mass is 341 g/mol. The number of hydrogen-bond acceptors (Lipinski definition) is 4. The fourth-order valence-corrected chi connectivity index (χ4v) is 4.78. The van der Waals surface area contributed by atoms with Crippen LogP contribution in [0.5, 0.6) is 0 Å². The van der Waals surface area contributed by atoms with Crippen molar-refractivity contribution in [2.24, 2.45) is 11.8 Å². The van der Waals surface area contributed by atoms with E-state index in [9.17, 15) is 4.79 Å². The van der Waals surface area contributed by atoms with Crippen molar-refractivity contribution in [2.75, 3.05) is 26.2 Å². The number of carbonyl (C=O) groups excluding carboxylic acids is 1. The van der Waals surface area contributed by atoms with Crippen molar-refractivity contribution in [3.8, 4) is 10.6 Å². The van der Waals surface area contributed by atoms with Gasteiger partial charge in [-0.3, -0.25) is 4.79 Å². The zero-order chi connectivity index (χ0) is 16.5. The van der Waals surface area contributed by atoms with Crippen LogP contribution >= 0.6 is 11.3 Å². The summed E-state index contributed by atoms with van der Waals surface area (Å²) < 4.78 is 0. The van der Waals surface area contributed by atoms with Crippen LogP contribution in [0.4, 0.5) is 0 Å². The van der Waals surface area contributed by atoms with Gasteiger partial charge >= 0.3 is 0 Å². The minimum Gasteiger partial charge on any atom is -0.337 e. The molecule has 1 amide bonds. The molecule has 1 aromatic carbocycles. The maximum Gasteiger partial charge on any atom is 0.273 e. The third-order valence-corrected chi connectivity index (χ3v) is 6.28. The second-order valence-corrected chi connectivity index (χ2v) is 7.76. The molecule has 3 heterocycles. The smallest absolute Gasteiger partial charge is 0.273 e. The lowest BCUT2D eigenvalue weighted by molar-refractivity contribution is 0.0753. The zero-order valence-electron chi connectivity index (χ0n) is 14.0. The van der Waals surface area contributed by atoms with Crippen molar-refractivity contribution in [1.82, 2.24) is 15.2 Å². The molecular formula is C19H23N3OS. The van der Waals surface area contributed by atoms with E-state index in [2.05, 4.69) is 29.4 Å². The second-order valence-electron chi connectivity index (χ2n) is 6.90. The first-order valence-electron chi connectivity index (χ1n) is 8.74. The SMILES string of the molecule is Cc1ccccc1-c1nc(C(=O)N2CC[C@@H]3CNC[C@@H]3CC2)cs1. The molecule has 0 saturated carbocycles. The van der Waals surface area contributed by atoms with Crippen LogP contribution in [0.3, 0.4) is 0 Å². The summed E-state index contributed by atoms with van der Waals surface area (Å²) in [6.07, 6.45) is 2.22. The molecule has 4 nitrogen and oxygen atoms in total. The second kappa shape index (κ2) is 6.65. The van der Waals surface area contributed by atoms with Crippen LogP contribution in [-0.2, 0) is 0 Å². The average Bonchev–Trinajstić information content (AvgIpc) is 3.21. The third-order valence-electron chi connectivity index (χ3n) is 5.41. The highest BCUT2D eigenvalue weighted by molar-refractivity contribution is 7.13. The Morgan fingerprint density at radius 3 is 2.62 bits per heavy atom. The molecule has 0 aliphatic carbocycles. The third kappa shape index (κ3) is 2.98. The van der Waals surface area contributed by atoms with Crippen molar-refractivity contribution in [2.45, 2.75) is 19.8 Å². The molecule has 4 rings (SSSR count). The van der Waals surface area contributed by atoms with Gasteiger partial charge in [-0.05, 0) is 50.3 Å². The van der Waals surface area contributed by atoms with E-state index in [1.807, 2.05) is 22.4 Å². The Labute approximate surface area is 146 Å². The lowest BCUT2D eigenvalue weighted by atomic mass is 9.92. The first-order chi connectivity index (χ1) is 11.7. The number of rotatable bonds is 2. The Morgan fingerprint density at radius 1 is 1.21 bits per heavy atom. The molecule has 126 valence electrons. The van der Waals surface area contributed by atoms with Gasteiger partial charge in [0.15, 0.2) is 0 Å². The molecule has 0 radical (unpaired) electrons.